The summed E-state index contributed by atoms with van der Waals surface area (Å²) in [5, 5.41) is 46.3. The number of aliphatic hydroxyl groups excluding tert-OH is 4. The molecule has 6 heteroatoms. The van der Waals surface area contributed by atoms with Crippen molar-refractivity contribution in [3.8, 4) is 0 Å². The number of aliphatic hydroxyl groups is 4. The van der Waals surface area contributed by atoms with E-state index in [0.717, 1.165) is 0 Å². The van der Waals surface area contributed by atoms with Crippen LogP contribution in [0.25, 0.3) is 0 Å². The van der Waals surface area contributed by atoms with Crippen molar-refractivity contribution >= 4 is 0 Å². The molecule has 6 nitrogen and oxygen atoms in total. The van der Waals surface area contributed by atoms with Crippen LogP contribution in [0.5, 0.6) is 0 Å². The first-order valence-corrected chi connectivity index (χ1v) is 3.54. The minimum Gasteiger partial charge on any atom is -0.829 e. The molecule has 5 atom stereocenters. The summed E-state index contributed by atoms with van der Waals surface area (Å²) in [5.41, 5.74) is 0. The molecule has 1 aliphatic rings. The number of rotatable bonds is 1. The van der Waals surface area contributed by atoms with Crippen LogP contribution >= 0.6 is 0 Å². The molecule has 1 saturated heterocycles. The van der Waals surface area contributed by atoms with Gasteiger partial charge in [0.1, 0.15) is 18.3 Å². The molecule has 12 heavy (non-hydrogen) atoms. The van der Waals surface area contributed by atoms with Crippen LogP contribution in [0.2, 0.25) is 0 Å². The highest BCUT2D eigenvalue weighted by molar-refractivity contribution is 4.87. The van der Waals surface area contributed by atoms with E-state index in [0.29, 0.717) is 0 Å². The highest BCUT2D eigenvalue weighted by atomic mass is 16.6. The topological polar surface area (TPSA) is 113 Å². The Hall–Kier alpha value is -0.240. The lowest BCUT2D eigenvalue weighted by atomic mass is 10.00. The lowest BCUT2D eigenvalue weighted by Crippen LogP contribution is -2.62. The predicted octanol–water partition coefficient (Wildman–Crippen LogP) is -3.85. The third-order valence-electron chi connectivity index (χ3n) is 1.85. The molecular weight excluding hydrogens is 168 g/mol. The van der Waals surface area contributed by atoms with Crippen LogP contribution in [0.3, 0.4) is 0 Å². The van der Waals surface area contributed by atoms with E-state index in [1.807, 2.05) is 0 Å². The smallest absolute Gasteiger partial charge is 0.111 e. The van der Waals surface area contributed by atoms with Gasteiger partial charge in [0.05, 0.1) is 12.7 Å². The van der Waals surface area contributed by atoms with E-state index < -0.39 is 37.3 Å². The molecule has 0 saturated carbocycles. The van der Waals surface area contributed by atoms with Gasteiger partial charge in [-0.05, 0) is 0 Å². The standard InChI is InChI=1S/C6H11O6/c7-1-2-3(8)4(9)5(10)6(11)12-2/h2-10H,1H2/q-1/t2-,3-,4+,5-,6+/m1/s1. The molecular formula is C6H11O6-. The molecule has 1 aliphatic heterocycles. The predicted molar refractivity (Wildman–Crippen MR) is 33.8 cm³/mol. The minimum atomic E-state index is -1.82. The molecule has 0 unspecified atom stereocenters. The molecule has 72 valence electrons. The zero-order valence-electron chi connectivity index (χ0n) is 6.20. The maximum atomic E-state index is 10.7. The second kappa shape index (κ2) is 3.65. The highest BCUT2D eigenvalue weighted by Gasteiger charge is 2.38. The van der Waals surface area contributed by atoms with Gasteiger partial charge in [-0.2, -0.15) is 0 Å². The Morgan fingerprint density at radius 2 is 1.67 bits per heavy atom. The monoisotopic (exact) mass is 179 g/mol. The minimum absolute atomic E-state index is 0.566. The zero-order valence-corrected chi connectivity index (χ0v) is 6.20. The van der Waals surface area contributed by atoms with Gasteiger partial charge in [-0.15, -0.1) is 0 Å². The Kier molecular flexibility index (Phi) is 2.99. The molecule has 0 aromatic carbocycles. The van der Waals surface area contributed by atoms with Crippen molar-refractivity contribution < 1.29 is 30.3 Å². The van der Waals surface area contributed by atoms with Crippen molar-refractivity contribution in [2.45, 2.75) is 30.7 Å². The highest BCUT2D eigenvalue weighted by Crippen LogP contribution is 2.17. The van der Waals surface area contributed by atoms with Crippen LogP contribution < -0.4 is 5.11 Å². The van der Waals surface area contributed by atoms with Gasteiger partial charge in [0.15, 0.2) is 0 Å². The SMILES string of the molecule is [O-][C@H]1O[C@H](CO)[C@@H](O)[C@H](O)[C@H]1O. The molecule has 0 aromatic heterocycles. The van der Waals surface area contributed by atoms with E-state index in [-0.39, 0.29) is 0 Å². The Balaban J connectivity index is 2.63. The Morgan fingerprint density at radius 1 is 1.08 bits per heavy atom. The summed E-state index contributed by atoms with van der Waals surface area (Å²) in [6.07, 6.45) is -7.57. The van der Waals surface area contributed by atoms with Crippen molar-refractivity contribution in [3.63, 3.8) is 0 Å². The molecule has 0 radical (unpaired) electrons. The molecule has 0 spiro atoms. The van der Waals surface area contributed by atoms with E-state index in [9.17, 15) is 5.11 Å². The van der Waals surface area contributed by atoms with Gasteiger partial charge >= 0.3 is 0 Å². The van der Waals surface area contributed by atoms with Crippen molar-refractivity contribution in [1.82, 2.24) is 0 Å². The van der Waals surface area contributed by atoms with Crippen LogP contribution in [-0.2, 0) is 4.74 Å². The third kappa shape index (κ3) is 1.58. The average Bonchev–Trinajstić information content (AvgIpc) is 2.08. The van der Waals surface area contributed by atoms with Crippen LogP contribution in [0.1, 0.15) is 0 Å². The fourth-order valence-electron chi connectivity index (χ4n) is 1.07. The molecule has 0 amide bonds. The summed E-state index contributed by atoms with van der Waals surface area (Å²) in [6, 6.07) is 0. The lowest BCUT2D eigenvalue weighted by molar-refractivity contribution is -0.532. The molecule has 0 aromatic rings. The van der Waals surface area contributed by atoms with Crippen molar-refractivity contribution in [2.24, 2.45) is 0 Å². The van der Waals surface area contributed by atoms with Crippen LogP contribution in [-0.4, -0.2) is 57.7 Å². The summed E-state index contributed by atoms with van der Waals surface area (Å²) in [6.45, 7) is -0.566. The van der Waals surface area contributed by atoms with E-state index >= 15 is 0 Å². The van der Waals surface area contributed by atoms with Gasteiger partial charge in [-0.3, -0.25) is 0 Å². The normalized spacial score (nSPS) is 49.2. The van der Waals surface area contributed by atoms with Crippen molar-refractivity contribution in [1.29, 1.82) is 0 Å². The van der Waals surface area contributed by atoms with Gasteiger partial charge in [0, 0.05) is 6.29 Å². The fraction of sp³-hybridized carbons (Fsp3) is 1.00. The maximum absolute atomic E-state index is 10.7. The Bertz CT molecular complexity index is 146. The molecule has 1 heterocycles. The number of hydrogen-bond donors (Lipinski definition) is 4. The van der Waals surface area contributed by atoms with Gasteiger partial charge in [0.25, 0.3) is 0 Å². The molecule has 1 rings (SSSR count). The maximum Gasteiger partial charge on any atom is 0.111 e. The first kappa shape index (κ1) is 9.85. The van der Waals surface area contributed by atoms with Crippen LogP contribution in [0.15, 0.2) is 0 Å². The number of ether oxygens (including phenoxy) is 1. The summed E-state index contributed by atoms with van der Waals surface area (Å²) < 4.78 is 4.46. The van der Waals surface area contributed by atoms with Crippen molar-refractivity contribution in [3.05, 3.63) is 0 Å². The number of hydrogen-bond acceptors (Lipinski definition) is 6. The van der Waals surface area contributed by atoms with E-state index in [1.54, 1.807) is 0 Å². The van der Waals surface area contributed by atoms with E-state index in [2.05, 4.69) is 4.74 Å². The summed E-state index contributed by atoms with van der Waals surface area (Å²) in [4.78, 5) is 0. The quantitative estimate of drug-likeness (QED) is 0.328. The second-order valence-corrected chi connectivity index (χ2v) is 2.70. The van der Waals surface area contributed by atoms with Crippen LogP contribution in [0.4, 0.5) is 0 Å². The van der Waals surface area contributed by atoms with Crippen molar-refractivity contribution in [2.75, 3.05) is 6.61 Å². The van der Waals surface area contributed by atoms with Crippen LogP contribution in [0, 0.1) is 0 Å². The summed E-state index contributed by atoms with van der Waals surface area (Å²) in [7, 11) is 0. The van der Waals surface area contributed by atoms with Gasteiger partial charge < -0.3 is 30.3 Å². The summed E-state index contributed by atoms with van der Waals surface area (Å²) >= 11 is 0. The zero-order chi connectivity index (χ0) is 9.30. The fourth-order valence-corrected chi connectivity index (χ4v) is 1.07. The first-order chi connectivity index (χ1) is 5.57. The first-order valence-electron chi connectivity index (χ1n) is 3.54. The largest absolute Gasteiger partial charge is 0.829 e. The third-order valence-corrected chi connectivity index (χ3v) is 1.85. The van der Waals surface area contributed by atoms with Gasteiger partial charge in [-0.1, -0.05) is 0 Å². The molecule has 0 aliphatic carbocycles. The Morgan fingerprint density at radius 3 is 2.17 bits per heavy atom. The lowest BCUT2D eigenvalue weighted by Gasteiger charge is -2.43. The van der Waals surface area contributed by atoms with E-state index in [4.69, 9.17) is 20.4 Å². The summed E-state index contributed by atoms with van der Waals surface area (Å²) in [5.74, 6) is 0. The second-order valence-electron chi connectivity index (χ2n) is 2.70. The van der Waals surface area contributed by atoms with E-state index in [1.165, 1.54) is 0 Å². The Labute approximate surface area is 68.6 Å². The molecule has 4 N–H and O–H groups in total. The molecule has 0 bridgehead atoms. The molecule has 1 fully saturated rings. The van der Waals surface area contributed by atoms with Gasteiger partial charge in [0.2, 0.25) is 0 Å². The van der Waals surface area contributed by atoms with Gasteiger partial charge in [-0.25, -0.2) is 0 Å². The average molecular weight is 179 g/mol.